The lowest BCUT2D eigenvalue weighted by Gasteiger charge is -2.29. The van der Waals surface area contributed by atoms with Gasteiger partial charge >= 0.3 is 0 Å². The number of alkyl halides is 1. The van der Waals surface area contributed by atoms with Crippen LogP contribution in [0, 0.1) is 0 Å². The third-order valence-corrected chi connectivity index (χ3v) is 4.17. The quantitative estimate of drug-likeness (QED) is 0.840. The van der Waals surface area contributed by atoms with Crippen LogP contribution in [0.4, 0.5) is 0 Å². The van der Waals surface area contributed by atoms with Gasteiger partial charge in [0.1, 0.15) is 0 Å². The molecule has 0 bridgehead atoms. The minimum Gasteiger partial charge on any atom is -0.393 e. The van der Waals surface area contributed by atoms with E-state index in [2.05, 4.69) is 9.88 Å². The predicted molar refractivity (Wildman–Crippen MR) is 67.1 cm³/mol. The molecule has 3 nitrogen and oxygen atoms in total. The Morgan fingerprint density at radius 2 is 2.25 bits per heavy atom. The molecule has 0 spiro atoms. The summed E-state index contributed by atoms with van der Waals surface area (Å²) in [6, 6.07) is 0. The van der Waals surface area contributed by atoms with Crippen LogP contribution in [0.3, 0.4) is 0 Å². The summed E-state index contributed by atoms with van der Waals surface area (Å²) in [5.41, 5.74) is 0.982. The molecule has 2 rings (SSSR count). The Bertz CT molecular complexity index is 324. The third-order valence-electron chi connectivity index (χ3n) is 2.94. The van der Waals surface area contributed by atoms with Gasteiger partial charge in [0.25, 0.3) is 0 Å². The first-order valence-electron chi connectivity index (χ1n) is 5.67. The van der Waals surface area contributed by atoms with E-state index >= 15 is 0 Å². The van der Waals surface area contributed by atoms with Crippen LogP contribution in [-0.4, -0.2) is 40.7 Å². The lowest BCUT2D eigenvalue weighted by molar-refractivity contribution is 0.0832. The summed E-state index contributed by atoms with van der Waals surface area (Å²) >= 11 is 7.40. The van der Waals surface area contributed by atoms with E-state index in [4.69, 9.17) is 11.6 Å². The highest BCUT2D eigenvalue weighted by Crippen LogP contribution is 2.14. The molecule has 1 aromatic rings. The van der Waals surface area contributed by atoms with E-state index in [9.17, 15) is 5.11 Å². The van der Waals surface area contributed by atoms with Crippen LogP contribution in [-0.2, 0) is 12.3 Å². The summed E-state index contributed by atoms with van der Waals surface area (Å²) < 4.78 is 0. The molecule has 1 saturated heterocycles. The van der Waals surface area contributed by atoms with Gasteiger partial charge in [-0.15, -0.1) is 22.9 Å². The SMILES string of the molecule is OC1CCN(CCc2nc(CCl)cs2)CC1. The predicted octanol–water partition coefficient (Wildman–Crippen LogP) is 1.88. The molecular weight excluding hydrogens is 244 g/mol. The molecule has 2 heterocycles. The van der Waals surface area contributed by atoms with Crippen molar-refractivity contribution in [2.75, 3.05) is 19.6 Å². The zero-order chi connectivity index (χ0) is 11.4. The Hall–Kier alpha value is -0.160. The fraction of sp³-hybridized carbons (Fsp3) is 0.727. The molecule has 1 N–H and O–H groups in total. The van der Waals surface area contributed by atoms with Crippen molar-refractivity contribution in [2.45, 2.75) is 31.2 Å². The van der Waals surface area contributed by atoms with E-state index < -0.39 is 0 Å². The Morgan fingerprint density at radius 1 is 1.50 bits per heavy atom. The van der Waals surface area contributed by atoms with Crippen molar-refractivity contribution in [2.24, 2.45) is 0 Å². The molecule has 0 aromatic carbocycles. The van der Waals surface area contributed by atoms with Gasteiger partial charge in [-0.2, -0.15) is 0 Å². The second-order valence-corrected chi connectivity index (χ2v) is 5.40. The summed E-state index contributed by atoms with van der Waals surface area (Å²) in [6.45, 7) is 3.06. The molecule has 0 atom stereocenters. The standard InChI is InChI=1S/C11H17ClN2OS/c12-7-9-8-16-11(13-9)3-6-14-4-1-10(15)2-5-14/h8,10,15H,1-7H2. The van der Waals surface area contributed by atoms with Crippen LogP contribution < -0.4 is 0 Å². The fourth-order valence-corrected chi connectivity index (χ4v) is 2.94. The zero-order valence-corrected chi connectivity index (χ0v) is 10.8. The van der Waals surface area contributed by atoms with Crippen molar-refractivity contribution < 1.29 is 5.11 Å². The highest BCUT2D eigenvalue weighted by Gasteiger charge is 2.16. The number of aliphatic hydroxyl groups is 1. The number of thiazole rings is 1. The van der Waals surface area contributed by atoms with Crippen molar-refractivity contribution in [3.05, 3.63) is 16.1 Å². The summed E-state index contributed by atoms with van der Waals surface area (Å²) in [4.78, 5) is 6.84. The van der Waals surface area contributed by atoms with Gasteiger partial charge in [0.05, 0.1) is 22.7 Å². The van der Waals surface area contributed by atoms with Crippen LogP contribution in [0.1, 0.15) is 23.5 Å². The molecule has 0 radical (unpaired) electrons. The molecular formula is C11H17ClN2OS. The van der Waals surface area contributed by atoms with E-state index in [1.165, 1.54) is 5.01 Å². The summed E-state index contributed by atoms with van der Waals surface area (Å²) in [6.07, 6.45) is 2.73. The van der Waals surface area contributed by atoms with Crippen LogP contribution in [0.5, 0.6) is 0 Å². The molecule has 90 valence electrons. The van der Waals surface area contributed by atoms with Crippen molar-refractivity contribution in [3.8, 4) is 0 Å². The van der Waals surface area contributed by atoms with Crippen molar-refractivity contribution in [1.29, 1.82) is 0 Å². The van der Waals surface area contributed by atoms with E-state index in [0.717, 1.165) is 44.6 Å². The number of piperidine rings is 1. The first-order valence-corrected chi connectivity index (χ1v) is 7.09. The molecule has 0 saturated carbocycles. The first kappa shape index (κ1) is 12.3. The molecule has 0 unspecified atom stereocenters. The van der Waals surface area contributed by atoms with Gasteiger partial charge in [0.2, 0.25) is 0 Å². The van der Waals surface area contributed by atoms with E-state index in [0.29, 0.717) is 5.88 Å². The van der Waals surface area contributed by atoms with Crippen LogP contribution in [0.15, 0.2) is 5.38 Å². The molecule has 16 heavy (non-hydrogen) atoms. The van der Waals surface area contributed by atoms with Gasteiger partial charge in [-0.1, -0.05) is 0 Å². The van der Waals surface area contributed by atoms with Crippen LogP contribution >= 0.6 is 22.9 Å². The maximum Gasteiger partial charge on any atom is 0.0941 e. The normalized spacial score (nSPS) is 19.1. The minimum atomic E-state index is -0.0843. The highest BCUT2D eigenvalue weighted by atomic mass is 35.5. The second-order valence-electron chi connectivity index (χ2n) is 4.19. The Balaban J connectivity index is 1.74. The Morgan fingerprint density at radius 3 is 2.88 bits per heavy atom. The smallest absolute Gasteiger partial charge is 0.0941 e. The highest BCUT2D eigenvalue weighted by molar-refractivity contribution is 7.09. The van der Waals surface area contributed by atoms with Gasteiger partial charge < -0.3 is 10.0 Å². The van der Waals surface area contributed by atoms with Crippen molar-refractivity contribution in [3.63, 3.8) is 0 Å². The Kier molecular flexibility index (Phi) is 4.58. The maximum atomic E-state index is 9.40. The largest absolute Gasteiger partial charge is 0.393 e. The molecule has 1 aliphatic heterocycles. The number of halogens is 1. The number of aliphatic hydroxyl groups excluding tert-OH is 1. The topological polar surface area (TPSA) is 36.4 Å². The monoisotopic (exact) mass is 260 g/mol. The molecule has 1 aliphatic rings. The van der Waals surface area contributed by atoms with Crippen molar-refractivity contribution in [1.82, 2.24) is 9.88 Å². The van der Waals surface area contributed by atoms with Gasteiger partial charge in [-0.05, 0) is 12.8 Å². The van der Waals surface area contributed by atoms with E-state index in [-0.39, 0.29) is 6.10 Å². The molecule has 1 fully saturated rings. The summed E-state index contributed by atoms with van der Waals surface area (Å²) in [7, 11) is 0. The number of hydrogen-bond acceptors (Lipinski definition) is 4. The number of aromatic nitrogens is 1. The molecule has 0 amide bonds. The van der Waals surface area contributed by atoms with Gasteiger partial charge in [-0.25, -0.2) is 4.98 Å². The lowest BCUT2D eigenvalue weighted by atomic mass is 10.1. The fourth-order valence-electron chi connectivity index (χ4n) is 1.92. The summed E-state index contributed by atoms with van der Waals surface area (Å²) in [5.74, 6) is 0.506. The van der Waals surface area contributed by atoms with Gasteiger partial charge in [0, 0.05) is 31.4 Å². The van der Waals surface area contributed by atoms with Crippen molar-refractivity contribution >= 4 is 22.9 Å². The van der Waals surface area contributed by atoms with Crippen LogP contribution in [0.25, 0.3) is 0 Å². The zero-order valence-electron chi connectivity index (χ0n) is 9.23. The third kappa shape index (κ3) is 3.42. The number of hydrogen-bond donors (Lipinski definition) is 1. The maximum absolute atomic E-state index is 9.40. The number of nitrogens with zero attached hydrogens (tertiary/aromatic N) is 2. The van der Waals surface area contributed by atoms with Gasteiger partial charge in [0.15, 0.2) is 0 Å². The minimum absolute atomic E-state index is 0.0843. The van der Waals surface area contributed by atoms with E-state index in [1.54, 1.807) is 11.3 Å². The average Bonchev–Trinajstić information content (AvgIpc) is 2.76. The molecule has 5 heteroatoms. The molecule has 0 aliphatic carbocycles. The van der Waals surface area contributed by atoms with Gasteiger partial charge in [-0.3, -0.25) is 0 Å². The molecule has 1 aromatic heterocycles. The van der Waals surface area contributed by atoms with Crippen LogP contribution in [0.2, 0.25) is 0 Å². The lowest BCUT2D eigenvalue weighted by Crippen LogP contribution is -2.37. The number of rotatable bonds is 4. The van der Waals surface area contributed by atoms with E-state index in [1.807, 2.05) is 5.38 Å². The average molecular weight is 261 g/mol. The summed E-state index contributed by atoms with van der Waals surface area (Å²) in [5, 5.41) is 12.6. The first-order chi connectivity index (χ1) is 7.78. The second kappa shape index (κ2) is 5.96. The number of likely N-dealkylation sites (tertiary alicyclic amines) is 1. The Labute approximate surface area is 105 Å².